The van der Waals surface area contributed by atoms with E-state index in [2.05, 4.69) is 15.3 Å². The maximum absolute atomic E-state index is 13.5. The van der Waals surface area contributed by atoms with Crippen LogP contribution >= 0.6 is 0 Å². The number of anilines is 2. The van der Waals surface area contributed by atoms with Crippen LogP contribution in [0, 0.1) is 11.6 Å². The minimum Gasteiger partial charge on any atom is -0.337 e. The molecule has 3 rings (SSSR count). The standard InChI is InChI=1S/C16H15F2N5O2/c17-11-2-3-12(18)13(10-11)21-14(24)15(25)22-6-8-23(9-7-22)16-19-4-1-5-20-16/h1-5,10H,6-9H2,(H,21,24). The third kappa shape index (κ3) is 3.87. The Labute approximate surface area is 142 Å². The maximum Gasteiger partial charge on any atom is 0.313 e. The van der Waals surface area contributed by atoms with Crippen LogP contribution in [0.3, 0.4) is 0 Å². The molecule has 25 heavy (non-hydrogen) atoms. The summed E-state index contributed by atoms with van der Waals surface area (Å²) in [5, 5.41) is 2.11. The van der Waals surface area contributed by atoms with Crippen molar-refractivity contribution in [3.63, 3.8) is 0 Å². The average Bonchev–Trinajstić information content (AvgIpc) is 2.65. The summed E-state index contributed by atoms with van der Waals surface area (Å²) in [7, 11) is 0. The minimum absolute atomic E-state index is 0.302. The molecule has 0 saturated carbocycles. The molecule has 1 aliphatic rings. The smallest absolute Gasteiger partial charge is 0.313 e. The van der Waals surface area contributed by atoms with Gasteiger partial charge in [-0.05, 0) is 18.2 Å². The van der Waals surface area contributed by atoms with Crippen molar-refractivity contribution in [1.82, 2.24) is 14.9 Å². The summed E-state index contributed by atoms with van der Waals surface area (Å²) in [6.07, 6.45) is 3.25. The number of hydrogen-bond donors (Lipinski definition) is 1. The van der Waals surface area contributed by atoms with E-state index in [1.807, 2.05) is 4.90 Å². The number of amides is 2. The van der Waals surface area contributed by atoms with Crippen LogP contribution in [-0.4, -0.2) is 52.9 Å². The molecule has 1 fully saturated rings. The molecule has 1 saturated heterocycles. The zero-order valence-electron chi connectivity index (χ0n) is 13.2. The van der Waals surface area contributed by atoms with Crippen molar-refractivity contribution in [3.05, 3.63) is 48.3 Å². The highest BCUT2D eigenvalue weighted by molar-refractivity contribution is 6.39. The number of hydrogen-bond acceptors (Lipinski definition) is 5. The molecule has 1 N–H and O–H groups in total. The van der Waals surface area contributed by atoms with Gasteiger partial charge in [0.2, 0.25) is 5.95 Å². The number of carbonyl (C=O) groups is 2. The van der Waals surface area contributed by atoms with E-state index in [0.717, 1.165) is 18.2 Å². The van der Waals surface area contributed by atoms with Crippen LogP contribution in [0.15, 0.2) is 36.7 Å². The summed E-state index contributed by atoms with van der Waals surface area (Å²) in [6.45, 7) is 1.54. The van der Waals surface area contributed by atoms with Gasteiger partial charge >= 0.3 is 11.8 Å². The summed E-state index contributed by atoms with van der Waals surface area (Å²) in [5.74, 6) is -2.76. The molecule has 0 spiro atoms. The third-order valence-corrected chi connectivity index (χ3v) is 3.77. The number of nitrogens with one attached hydrogen (secondary N) is 1. The fourth-order valence-corrected chi connectivity index (χ4v) is 2.48. The first kappa shape index (κ1) is 16.7. The number of nitrogens with zero attached hydrogens (tertiary/aromatic N) is 4. The Morgan fingerprint density at radius 1 is 1.04 bits per heavy atom. The van der Waals surface area contributed by atoms with E-state index in [4.69, 9.17) is 0 Å². The lowest BCUT2D eigenvalue weighted by atomic mass is 10.2. The van der Waals surface area contributed by atoms with Gasteiger partial charge in [-0.15, -0.1) is 0 Å². The van der Waals surface area contributed by atoms with E-state index in [0.29, 0.717) is 32.1 Å². The molecule has 2 aromatic rings. The first-order chi connectivity index (χ1) is 12.0. The minimum atomic E-state index is -1.01. The van der Waals surface area contributed by atoms with E-state index in [1.165, 1.54) is 4.90 Å². The summed E-state index contributed by atoms with van der Waals surface area (Å²) in [6, 6.07) is 4.34. The number of rotatable bonds is 2. The van der Waals surface area contributed by atoms with E-state index in [1.54, 1.807) is 18.5 Å². The highest BCUT2D eigenvalue weighted by Crippen LogP contribution is 2.16. The Morgan fingerprint density at radius 2 is 1.72 bits per heavy atom. The highest BCUT2D eigenvalue weighted by atomic mass is 19.1. The van der Waals surface area contributed by atoms with Crippen LogP contribution in [0.25, 0.3) is 0 Å². The van der Waals surface area contributed by atoms with Crippen LogP contribution in [0.5, 0.6) is 0 Å². The molecule has 0 radical (unpaired) electrons. The molecular formula is C16H15F2N5O2. The van der Waals surface area contributed by atoms with E-state index in [-0.39, 0.29) is 5.69 Å². The van der Waals surface area contributed by atoms with Crippen molar-refractivity contribution < 1.29 is 18.4 Å². The van der Waals surface area contributed by atoms with Crippen molar-refractivity contribution in [2.45, 2.75) is 0 Å². The number of halogens is 2. The van der Waals surface area contributed by atoms with E-state index >= 15 is 0 Å². The lowest BCUT2D eigenvalue weighted by Gasteiger charge is -2.34. The molecule has 1 aromatic carbocycles. The van der Waals surface area contributed by atoms with Crippen molar-refractivity contribution in [1.29, 1.82) is 0 Å². The fourth-order valence-electron chi connectivity index (χ4n) is 2.48. The predicted octanol–water partition coefficient (Wildman–Crippen LogP) is 1.04. The number of carbonyl (C=O) groups excluding carboxylic acids is 2. The topological polar surface area (TPSA) is 78.4 Å². The van der Waals surface area contributed by atoms with Crippen molar-refractivity contribution in [2.75, 3.05) is 36.4 Å². The Balaban J connectivity index is 1.58. The lowest BCUT2D eigenvalue weighted by Crippen LogP contribution is -2.52. The number of aromatic nitrogens is 2. The Bertz CT molecular complexity index is 779. The largest absolute Gasteiger partial charge is 0.337 e. The molecule has 1 aliphatic heterocycles. The van der Waals surface area contributed by atoms with Gasteiger partial charge in [-0.25, -0.2) is 18.7 Å². The molecule has 0 bridgehead atoms. The van der Waals surface area contributed by atoms with Crippen LogP contribution in [0.2, 0.25) is 0 Å². The van der Waals surface area contributed by atoms with Crippen LogP contribution in [0.4, 0.5) is 20.4 Å². The molecule has 9 heteroatoms. The molecule has 0 unspecified atom stereocenters. The van der Waals surface area contributed by atoms with Crippen molar-refractivity contribution in [3.8, 4) is 0 Å². The Morgan fingerprint density at radius 3 is 2.40 bits per heavy atom. The predicted molar refractivity (Wildman–Crippen MR) is 85.8 cm³/mol. The zero-order valence-corrected chi connectivity index (χ0v) is 13.2. The third-order valence-electron chi connectivity index (χ3n) is 3.77. The first-order valence-electron chi connectivity index (χ1n) is 7.62. The summed E-state index contributed by atoms with van der Waals surface area (Å²) < 4.78 is 26.7. The van der Waals surface area contributed by atoms with Gasteiger partial charge < -0.3 is 15.1 Å². The van der Waals surface area contributed by atoms with Crippen molar-refractivity contribution >= 4 is 23.5 Å². The van der Waals surface area contributed by atoms with Crippen molar-refractivity contribution in [2.24, 2.45) is 0 Å². The highest BCUT2D eigenvalue weighted by Gasteiger charge is 2.27. The van der Waals surface area contributed by atoms with Gasteiger partial charge in [0.05, 0.1) is 5.69 Å². The average molecular weight is 347 g/mol. The summed E-state index contributed by atoms with van der Waals surface area (Å²) in [4.78, 5) is 35.7. The van der Waals surface area contributed by atoms with Crippen LogP contribution < -0.4 is 10.2 Å². The van der Waals surface area contributed by atoms with Gasteiger partial charge in [0, 0.05) is 44.6 Å². The molecular weight excluding hydrogens is 332 g/mol. The van der Waals surface area contributed by atoms with Gasteiger partial charge in [-0.3, -0.25) is 9.59 Å². The van der Waals surface area contributed by atoms with Gasteiger partial charge in [-0.1, -0.05) is 0 Å². The molecule has 0 atom stereocenters. The second-order valence-electron chi connectivity index (χ2n) is 5.41. The maximum atomic E-state index is 13.5. The Kier molecular flexibility index (Phi) is 4.82. The molecule has 130 valence electrons. The number of piperazine rings is 1. The quantitative estimate of drug-likeness (QED) is 0.822. The number of benzene rings is 1. The second-order valence-corrected chi connectivity index (χ2v) is 5.41. The van der Waals surface area contributed by atoms with E-state index in [9.17, 15) is 18.4 Å². The normalized spacial score (nSPS) is 14.3. The van der Waals surface area contributed by atoms with Crippen LogP contribution in [0.1, 0.15) is 0 Å². The zero-order chi connectivity index (χ0) is 17.8. The van der Waals surface area contributed by atoms with E-state index < -0.39 is 23.4 Å². The molecule has 0 aliphatic carbocycles. The van der Waals surface area contributed by atoms with Crippen LogP contribution in [-0.2, 0) is 9.59 Å². The fraction of sp³-hybridized carbons (Fsp3) is 0.250. The SMILES string of the molecule is O=C(Nc1cc(F)ccc1F)C(=O)N1CCN(c2ncccn2)CC1. The lowest BCUT2D eigenvalue weighted by molar-refractivity contribution is -0.143. The second kappa shape index (κ2) is 7.20. The van der Waals surface area contributed by atoms with Gasteiger partial charge in [-0.2, -0.15) is 0 Å². The summed E-state index contributed by atoms with van der Waals surface area (Å²) >= 11 is 0. The summed E-state index contributed by atoms with van der Waals surface area (Å²) in [5.41, 5.74) is -0.366. The molecule has 2 heterocycles. The van der Waals surface area contributed by atoms with Gasteiger partial charge in [0.1, 0.15) is 11.6 Å². The molecule has 1 aromatic heterocycles. The molecule has 2 amide bonds. The van der Waals surface area contributed by atoms with Gasteiger partial charge in [0.25, 0.3) is 0 Å². The monoisotopic (exact) mass is 347 g/mol. The van der Waals surface area contributed by atoms with Gasteiger partial charge in [0.15, 0.2) is 0 Å². The first-order valence-corrected chi connectivity index (χ1v) is 7.62. The molecule has 7 nitrogen and oxygen atoms in total. The Hall–Kier alpha value is -3.10.